The highest BCUT2D eigenvalue weighted by Gasteiger charge is 2.30. The molecule has 0 radical (unpaired) electrons. The molecule has 1 aliphatic heterocycles. The first-order valence-electron chi connectivity index (χ1n) is 7.52. The van der Waals surface area contributed by atoms with Crippen molar-refractivity contribution in [3.63, 3.8) is 0 Å². The normalized spacial score (nSPS) is 16.3. The minimum absolute atomic E-state index is 0.00465. The summed E-state index contributed by atoms with van der Waals surface area (Å²) in [6.45, 7) is 0. The molecule has 3 N–H and O–H groups in total. The number of hydrogen-bond donors (Lipinski definition) is 3. The second-order valence-corrected chi connectivity index (χ2v) is 5.48. The van der Waals surface area contributed by atoms with E-state index in [1.807, 2.05) is 0 Å². The van der Waals surface area contributed by atoms with Gasteiger partial charge >= 0.3 is 12.2 Å². The van der Waals surface area contributed by atoms with Crippen molar-refractivity contribution in [3.8, 4) is 0 Å². The molecule has 1 unspecified atom stereocenters. The van der Waals surface area contributed by atoms with E-state index in [-0.39, 0.29) is 11.6 Å². The lowest BCUT2D eigenvalue weighted by molar-refractivity contribution is -0.137. The molecule has 1 heterocycles. The Bertz CT molecular complexity index is 880. The Kier molecular flexibility index (Phi) is 4.61. The van der Waals surface area contributed by atoms with Gasteiger partial charge in [0.15, 0.2) is 0 Å². The number of hydrogen-bond acceptors (Lipinski definition) is 3. The third-order valence-electron chi connectivity index (χ3n) is 3.67. The number of nitrogens with one attached hydrogen (secondary N) is 3. The summed E-state index contributed by atoms with van der Waals surface area (Å²) in [7, 11) is 0. The minimum Gasteiger partial charge on any atom is -0.308 e. The molecule has 134 valence electrons. The van der Waals surface area contributed by atoms with Crippen LogP contribution < -0.4 is 16.1 Å². The van der Waals surface area contributed by atoms with Crippen molar-refractivity contribution in [2.75, 3.05) is 10.6 Å². The number of urea groups is 1. The fourth-order valence-electron chi connectivity index (χ4n) is 2.47. The largest absolute Gasteiger partial charge is 0.416 e. The van der Waals surface area contributed by atoms with Crippen molar-refractivity contribution in [1.82, 2.24) is 5.43 Å². The highest BCUT2D eigenvalue weighted by Crippen LogP contribution is 2.31. The number of carbonyl (C=O) groups excluding carboxylic acids is 2. The zero-order valence-electron chi connectivity index (χ0n) is 13.2. The van der Waals surface area contributed by atoms with Gasteiger partial charge in [-0.05, 0) is 29.8 Å². The number of para-hydroxylation sites is 1. The first-order valence-corrected chi connectivity index (χ1v) is 7.52. The molecule has 0 fully saturated rings. The Balaban J connectivity index is 1.75. The van der Waals surface area contributed by atoms with Gasteiger partial charge in [0.1, 0.15) is 5.92 Å². The highest BCUT2D eigenvalue weighted by atomic mass is 19.4. The molecular formula is C17H13F3N4O2. The predicted molar refractivity (Wildman–Crippen MR) is 89.9 cm³/mol. The van der Waals surface area contributed by atoms with E-state index in [9.17, 15) is 22.8 Å². The van der Waals surface area contributed by atoms with Crippen LogP contribution in [0.3, 0.4) is 0 Å². The van der Waals surface area contributed by atoms with Crippen LogP contribution >= 0.6 is 0 Å². The number of halogens is 3. The predicted octanol–water partition coefficient (Wildman–Crippen LogP) is 3.55. The van der Waals surface area contributed by atoms with Crippen LogP contribution in [-0.2, 0) is 11.0 Å². The summed E-state index contributed by atoms with van der Waals surface area (Å²) in [6.07, 6.45) is -3.09. The topological polar surface area (TPSA) is 82.6 Å². The van der Waals surface area contributed by atoms with Crippen LogP contribution in [0, 0.1) is 0 Å². The molecule has 0 saturated carbocycles. The minimum atomic E-state index is -4.50. The molecule has 3 rings (SSSR count). The molecule has 2 aromatic rings. The van der Waals surface area contributed by atoms with Gasteiger partial charge in [0.25, 0.3) is 5.91 Å². The molecule has 1 aliphatic rings. The Morgan fingerprint density at radius 1 is 1.08 bits per heavy atom. The van der Waals surface area contributed by atoms with Crippen molar-refractivity contribution < 1.29 is 22.8 Å². The Morgan fingerprint density at radius 3 is 2.54 bits per heavy atom. The number of rotatable bonds is 3. The average molecular weight is 362 g/mol. The van der Waals surface area contributed by atoms with Gasteiger partial charge in [-0.15, -0.1) is 0 Å². The number of benzene rings is 2. The monoisotopic (exact) mass is 362 g/mol. The van der Waals surface area contributed by atoms with Crippen LogP contribution in [-0.4, -0.2) is 18.2 Å². The van der Waals surface area contributed by atoms with Gasteiger partial charge in [-0.3, -0.25) is 4.79 Å². The Morgan fingerprint density at radius 2 is 1.85 bits per heavy atom. The first kappa shape index (κ1) is 17.5. The fourth-order valence-corrected chi connectivity index (χ4v) is 2.47. The maximum atomic E-state index is 12.7. The molecule has 9 heteroatoms. The average Bonchev–Trinajstić information content (AvgIpc) is 3.00. The number of carbonyl (C=O) groups is 2. The van der Waals surface area contributed by atoms with Crippen molar-refractivity contribution in [2.45, 2.75) is 12.1 Å². The zero-order chi connectivity index (χ0) is 18.7. The van der Waals surface area contributed by atoms with E-state index >= 15 is 0 Å². The maximum Gasteiger partial charge on any atom is 0.416 e. The Hall–Kier alpha value is -3.36. The number of nitrogens with zero attached hydrogens (tertiary/aromatic N) is 1. The lowest BCUT2D eigenvalue weighted by atomic mass is 9.98. The maximum absolute atomic E-state index is 12.7. The van der Waals surface area contributed by atoms with Gasteiger partial charge in [-0.1, -0.05) is 24.3 Å². The van der Waals surface area contributed by atoms with Crippen LogP contribution in [0.15, 0.2) is 53.6 Å². The summed E-state index contributed by atoms with van der Waals surface area (Å²) >= 11 is 0. The molecule has 3 amide bonds. The molecule has 26 heavy (non-hydrogen) atoms. The summed E-state index contributed by atoms with van der Waals surface area (Å²) in [6, 6.07) is 10.2. The summed E-state index contributed by atoms with van der Waals surface area (Å²) in [5, 5.41) is 8.57. The summed E-state index contributed by atoms with van der Waals surface area (Å²) < 4.78 is 38.2. The van der Waals surface area contributed by atoms with E-state index in [4.69, 9.17) is 0 Å². The van der Waals surface area contributed by atoms with E-state index in [1.165, 1.54) is 18.3 Å². The summed E-state index contributed by atoms with van der Waals surface area (Å²) in [5.74, 6) is -0.988. The number of anilines is 2. The van der Waals surface area contributed by atoms with Gasteiger partial charge in [0.05, 0.1) is 5.56 Å². The lowest BCUT2D eigenvalue weighted by Crippen LogP contribution is -2.23. The molecule has 0 aliphatic carbocycles. The van der Waals surface area contributed by atoms with Crippen LogP contribution in [0.4, 0.5) is 29.3 Å². The second-order valence-electron chi connectivity index (χ2n) is 5.48. The van der Waals surface area contributed by atoms with Gasteiger partial charge in [-0.2, -0.15) is 18.3 Å². The highest BCUT2D eigenvalue weighted by molar-refractivity contribution is 6.06. The molecule has 1 atom stereocenters. The third-order valence-corrected chi connectivity index (χ3v) is 3.67. The van der Waals surface area contributed by atoms with Gasteiger partial charge in [0, 0.05) is 17.6 Å². The van der Waals surface area contributed by atoms with E-state index in [1.54, 1.807) is 24.3 Å². The summed E-state index contributed by atoms with van der Waals surface area (Å²) in [4.78, 5) is 23.9. The van der Waals surface area contributed by atoms with Gasteiger partial charge < -0.3 is 10.6 Å². The van der Waals surface area contributed by atoms with Gasteiger partial charge in [0.2, 0.25) is 0 Å². The molecule has 0 aromatic heterocycles. The molecule has 6 nitrogen and oxygen atoms in total. The molecular weight excluding hydrogens is 349 g/mol. The lowest BCUT2D eigenvalue weighted by Gasteiger charge is -2.14. The number of alkyl halides is 3. The fraction of sp³-hybridized carbons (Fsp3) is 0.118. The van der Waals surface area contributed by atoms with Crippen molar-refractivity contribution in [2.24, 2.45) is 5.10 Å². The van der Waals surface area contributed by atoms with Crippen molar-refractivity contribution in [3.05, 3.63) is 59.7 Å². The molecule has 0 saturated heterocycles. The van der Waals surface area contributed by atoms with Crippen LogP contribution in [0.5, 0.6) is 0 Å². The van der Waals surface area contributed by atoms with Crippen LogP contribution in [0.25, 0.3) is 0 Å². The van der Waals surface area contributed by atoms with E-state index in [2.05, 4.69) is 21.2 Å². The van der Waals surface area contributed by atoms with Crippen molar-refractivity contribution >= 4 is 29.5 Å². The Labute approximate surface area is 146 Å². The van der Waals surface area contributed by atoms with Crippen LogP contribution in [0.1, 0.15) is 17.0 Å². The number of amides is 3. The second kappa shape index (κ2) is 6.87. The van der Waals surface area contributed by atoms with Crippen LogP contribution in [0.2, 0.25) is 0 Å². The molecule has 0 spiro atoms. The first-order chi connectivity index (χ1) is 12.3. The van der Waals surface area contributed by atoms with E-state index in [0.717, 1.165) is 12.1 Å². The van der Waals surface area contributed by atoms with E-state index < -0.39 is 23.7 Å². The molecule has 0 bridgehead atoms. The molecule has 2 aromatic carbocycles. The van der Waals surface area contributed by atoms with E-state index in [0.29, 0.717) is 11.3 Å². The standard InChI is InChI=1S/C17H13F3N4O2/c18-17(19,20)10-4-3-5-11(8-10)22-16(26)23-14-7-2-1-6-12(14)13-9-21-24-15(13)25/h1-9,13H,(H,24,25)(H2,22,23,26). The number of hydrazone groups is 1. The smallest absolute Gasteiger partial charge is 0.308 e. The SMILES string of the molecule is O=C(Nc1cccc(C(F)(F)F)c1)Nc1ccccc1C1C=NNC1=O. The van der Waals surface area contributed by atoms with Crippen molar-refractivity contribution in [1.29, 1.82) is 0 Å². The van der Waals surface area contributed by atoms with Gasteiger partial charge in [-0.25, -0.2) is 10.2 Å². The quantitative estimate of drug-likeness (QED) is 0.780. The third kappa shape index (κ3) is 3.82. The summed E-state index contributed by atoms with van der Waals surface area (Å²) in [5.41, 5.74) is 2.30. The zero-order valence-corrected chi connectivity index (χ0v) is 13.2.